The molecule has 1 saturated carbocycles. The second-order valence-electron chi connectivity index (χ2n) is 8.95. The molecule has 6 nitrogen and oxygen atoms in total. The van der Waals surface area contributed by atoms with Crippen LogP contribution in [0.15, 0.2) is 18.2 Å². The molecular formula is C25H39N3O3. The van der Waals surface area contributed by atoms with Gasteiger partial charge < -0.3 is 10.2 Å². The summed E-state index contributed by atoms with van der Waals surface area (Å²) in [6.45, 7) is 11.8. The van der Waals surface area contributed by atoms with Crippen LogP contribution in [0.3, 0.4) is 0 Å². The Balaban J connectivity index is 0.00000166. The van der Waals surface area contributed by atoms with E-state index in [9.17, 15) is 14.4 Å². The summed E-state index contributed by atoms with van der Waals surface area (Å²) in [5, 5.41) is 5.93. The van der Waals surface area contributed by atoms with Gasteiger partial charge in [-0.3, -0.25) is 19.7 Å². The molecule has 0 aromatic heterocycles. The maximum absolute atomic E-state index is 12.9. The minimum absolute atomic E-state index is 0.132. The van der Waals surface area contributed by atoms with E-state index in [1.807, 2.05) is 32.9 Å². The van der Waals surface area contributed by atoms with Gasteiger partial charge in [-0.05, 0) is 62.1 Å². The summed E-state index contributed by atoms with van der Waals surface area (Å²) in [5.41, 5.74) is 2.94. The number of amides is 3. The van der Waals surface area contributed by atoms with Crippen molar-refractivity contribution < 1.29 is 14.4 Å². The molecule has 1 heterocycles. The summed E-state index contributed by atoms with van der Waals surface area (Å²) < 4.78 is 0. The highest BCUT2D eigenvalue weighted by molar-refractivity contribution is 6.02. The Bertz CT molecular complexity index is 769. The molecule has 1 fully saturated rings. The van der Waals surface area contributed by atoms with E-state index in [-0.39, 0.29) is 11.4 Å². The van der Waals surface area contributed by atoms with Crippen molar-refractivity contribution in [1.82, 2.24) is 15.5 Å². The Morgan fingerprint density at radius 1 is 1.29 bits per heavy atom. The zero-order valence-electron chi connectivity index (χ0n) is 19.8. The number of carbonyl (C=O) groups is 3. The fourth-order valence-electron chi connectivity index (χ4n) is 4.51. The third kappa shape index (κ3) is 6.16. The van der Waals surface area contributed by atoms with E-state index < -0.39 is 11.9 Å². The first-order valence-corrected chi connectivity index (χ1v) is 11.8. The van der Waals surface area contributed by atoms with Gasteiger partial charge in [-0.15, -0.1) is 0 Å². The van der Waals surface area contributed by atoms with Crippen molar-refractivity contribution in [1.29, 1.82) is 0 Å². The first-order chi connectivity index (χ1) is 14.9. The van der Waals surface area contributed by atoms with Gasteiger partial charge in [0, 0.05) is 24.2 Å². The Kier molecular flexibility index (Phi) is 9.23. The minimum atomic E-state index is -0.616. The lowest BCUT2D eigenvalue weighted by molar-refractivity contribution is -0.129. The summed E-state index contributed by atoms with van der Waals surface area (Å²) in [5.74, 6) is 0.269. The molecule has 6 heteroatoms. The van der Waals surface area contributed by atoms with Gasteiger partial charge in [-0.2, -0.15) is 0 Å². The molecule has 1 aliphatic heterocycles. The Labute approximate surface area is 187 Å². The van der Waals surface area contributed by atoms with Crippen molar-refractivity contribution in [3.05, 3.63) is 34.9 Å². The van der Waals surface area contributed by atoms with E-state index in [0.717, 1.165) is 30.0 Å². The summed E-state index contributed by atoms with van der Waals surface area (Å²) >= 11 is 0. The summed E-state index contributed by atoms with van der Waals surface area (Å²) in [4.78, 5) is 37.4. The van der Waals surface area contributed by atoms with Crippen LogP contribution < -0.4 is 10.6 Å². The van der Waals surface area contributed by atoms with Crippen molar-refractivity contribution >= 4 is 18.2 Å². The topological polar surface area (TPSA) is 78.5 Å². The predicted molar refractivity (Wildman–Crippen MR) is 123 cm³/mol. The average Bonchev–Trinajstić information content (AvgIpc) is 3.10. The Hall–Kier alpha value is -2.21. The van der Waals surface area contributed by atoms with E-state index in [0.29, 0.717) is 24.9 Å². The second-order valence-corrected chi connectivity index (χ2v) is 8.95. The zero-order chi connectivity index (χ0) is 23.0. The van der Waals surface area contributed by atoms with Gasteiger partial charge >= 0.3 is 0 Å². The van der Waals surface area contributed by atoms with E-state index in [4.69, 9.17) is 0 Å². The number of hydrogen-bond acceptors (Lipinski definition) is 4. The van der Waals surface area contributed by atoms with Crippen molar-refractivity contribution in [2.24, 2.45) is 5.92 Å². The number of carbonyl (C=O) groups excluding carboxylic acids is 3. The SMILES string of the molecule is CC.CCCC(C(=O)NC=O)N1Cc2cc(CNC3(C)CCC(C)CC3)ccc2C1=O. The number of imide groups is 1. The standard InChI is InChI=1S/C23H33N3O3.C2H6/c1-4-5-20(21(28)24-15-27)26-14-18-12-17(6-7-19(18)22(26)29)13-25-23(3)10-8-16(2)9-11-23;1-2/h6-7,12,15-16,20,25H,4-5,8-11,13-14H2,1-3H3,(H,24,27,28);1-2H3. The van der Waals surface area contributed by atoms with Crippen molar-refractivity contribution in [2.45, 2.75) is 97.8 Å². The normalized spacial score (nSPS) is 23.5. The van der Waals surface area contributed by atoms with Crippen molar-refractivity contribution in [3.8, 4) is 0 Å². The average molecular weight is 430 g/mol. The van der Waals surface area contributed by atoms with Gasteiger partial charge in [-0.25, -0.2) is 0 Å². The molecule has 172 valence electrons. The number of nitrogens with zero attached hydrogens (tertiary/aromatic N) is 1. The van der Waals surface area contributed by atoms with Crippen LogP contribution in [0.4, 0.5) is 0 Å². The minimum Gasteiger partial charge on any atom is -0.322 e. The molecule has 1 unspecified atom stereocenters. The molecule has 2 N–H and O–H groups in total. The maximum atomic E-state index is 12.9. The molecule has 2 aliphatic rings. The van der Waals surface area contributed by atoms with Crippen LogP contribution in [-0.2, 0) is 22.7 Å². The third-order valence-corrected chi connectivity index (χ3v) is 6.54. The molecule has 31 heavy (non-hydrogen) atoms. The van der Waals surface area contributed by atoms with Crippen LogP contribution in [0.1, 0.15) is 94.6 Å². The molecule has 1 aromatic rings. The molecule has 1 atom stereocenters. The second kappa shape index (κ2) is 11.4. The van der Waals surface area contributed by atoms with Gasteiger partial charge in [0.15, 0.2) is 0 Å². The molecule has 0 radical (unpaired) electrons. The fourth-order valence-corrected chi connectivity index (χ4v) is 4.51. The molecule has 0 saturated heterocycles. The molecule has 0 spiro atoms. The predicted octanol–water partition coefficient (Wildman–Crippen LogP) is 4.17. The fraction of sp³-hybridized carbons (Fsp3) is 0.640. The smallest absolute Gasteiger partial charge is 0.255 e. The van der Waals surface area contributed by atoms with Gasteiger partial charge in [-0.1, -0.05) is 46.2 Å². The van der Waals surface area contributed by atoms with Crippen LogP contribution in [0.25, 0.3) is 0 Å². The highest BCUT2D eigenvalue weighted by atomic mass is 16.2. The molecule has 3 amide bonds. The molecule has 3 rings (SSSR count). The van der Waals surface area contributed by atoms with Gasteiger partial charge in [0.05, 0.1) is 0 Å². The highest BCUT2D eigenvalue weighted by Gasteiger charge is 2.36. The van der Waals surface area contributed by atoms with Crippen LogP contribution in [0.2, 0.25) is 0 Å². The van der Waals surface area contributed by atoms with E-state index in [2.05, 4.69) is 30.5 Å². The van der Waals surface area contributed by atoms with Crippen LogP contribution >= 0.6 is 0 Å². The van der Waals surface area contributed by atoms with E-state index >= 15 is 0 Å². The number of nitrogens with one attached hydrogen (secondary N) is 2. The number of benzene rings is 1. The number of hydrogen-bond donors (Lipinski definition) is 2. The van der Waals surface area contributed by atoms with Crippen LogP contribution in [0.5, 0.6) is 0 Å². The summed E-state index contributed by atoms with van der Waals surface area (Å²) in [6.07, 6.45) is 6.58. The molecule has 1 aliphatic carbocycles. The molecule has 0 bridgehead atoms. The summed E-state index contributed by atoms with van der Waals surface area (Å²) in [7, 11) is 0. The van der Waals surface area contributed by atoms with E-state index in [1.165, 1.54) is 25.7 Å². The van der Waals surface area contributed by atoms with E-state index in [1.54, 1.807) is 4.90 Å². The lowest BCUT2D eigenvalue weighted by atomic mass is 9.78. The number of fused-ring (bicyclic) bond motifs is 1. The quantitative estimate of drug-likeness (QED) is 0.608. The Morgan fingerprint density at radius 2 is 1.97 bits per heavy atom. The number of rotatable bonds is 8. The van der Waals surface area contributed by atoms with Crippen LogP contribution in [0, 0.1) is 5.92 Å². The first kappa shape index (κ1) is 25.1. The van der Waals surface area contributed by atoms with Gasteiger partial charge in [0.2, 0.25) is 12.3 Å². The largest absolute Gasteiger partial charge is 0.322 e. The Morgan fingerprint density at radius 3 is 2.58 bits per heavy atom. The lowest BCUT2D eigenvalue weighted by Crippen LogP contribution is -2.46. The highest BCUT2D eigenvalue weighted by Crippen LogP contribution is 2.32. The zero-order valence-corrected chi connectivity index (χ0v) is 19.8. The lowest BCUT2D eigenvalue weighted by Gasteiger charge is -2.37. The van der Waals surface area contributed by atoms with Gasteiger partial charge in [0.25, 0.3) is 5.91 Å². The van der Waals surface area contributed by atoms with Crippen molar-refractivity contribution in [3.63, 3.8) is 0 Å². The van der Waals surface area contributed by atoms with Crippen LogP contribution in [-0.4, -0.2) is 34.7 Å². The molecule has 1 aromatic carbocycles. The maximum Gasteiger partial charge on any atom is 0.255 e. The summed E-state index contributed by atoms with van der Waals surface area (Å²) in [6, 6.07) is 5.34. The third-order valence-electron chi connectivity index (χ3n) is 6.54. The first-order valence-electron chi connectivity index (χ1n) is 11.8. The monoisotopic (exact) mass is 429 g/mol. The van der Waals surface area contributed by atoms with Crippen molar-refractivity contribution in [2.75, 3.05) is 0 Å². The van der Waals surface area contributed by atoms with Gasteiger partial charge in [0.1, 0.15) is 6.04 Å². The molecular weight excluding hydrogens is 390 g/mol.